The maximum absolute atomic E-state index is 12.7. The number of hydrogen-bond acceptors (Lipinski definition) is 3. The van der Waals surface area contributed by atoms with Gasteiger partial charge >= 0.3 is 5.97 Å². The SMILES string of the molecule is CCCCC1NC(=O)C(CC(=O)O)CCCC=CCCCN(C)C1=O. The number of hydrogen-bond donors (Lipinski definition) is 2. The van der Waals surface area contributed by atoms with Crippen molar-refractivity contribution in [3.8, 4) is 0 Å². The van der Waals surface area contributed by atoms with E-state index in [1.165, 1.54) is 0 Å². The molecule has 1 rings (SSSR count). The third kappa shape index (κ3) is 8.18. The first-order chi connectivity index (χ1) is 12.0. The Morgan fingerprint density at radius 3 is 2.60 bits per heavy atom. The number of carboxylic acid groups (broad SMARTS) is 1. The molecular weight excluding hydrogens is 320 g/mol. The minimum absolute atomic E-state index is 0.0862. The van der Waals surface area contributed by atoms with Gasteiger partial charge in [0.2, 0.25) is 11.8 Å². The van der Waals surface area contributed by atoms with Gasteiger partial charge in [0, 0.05) is 19.5 Å². The third-order valence-electron chi connectivity index (χ3n) is 4.58. The molecule has 2 N–H and O–H groups in total. The van der Waals surface area contributed by atoms with Gasteiger partial charge < -0.3 is 15.3 Å². The molecule has 0 aromatic carbocycles. The summed E-state index contributed by atoms with van der Waals surface area (Å²) in [7, 11) is 1.76. The van der Waals surface area contributed by atoms with Crippen molar-refractivity contribution in [1.82, 2.24) is 10.2 Å². The predicted molar refractivity (Wildman–Crippen MR) is 97.1 cm³/mol. The van der Waals surface area contributed by atoms with Gasteiger partial charge in [-0.2, -0.15) is 0 Å². The first-order valence-electron chi connectivity index (χ1n) is 9.37. The normalized spacial score (nSPS) is 23.8. The van der Waals surface area contributed by atoms with Gasteiger partial charge in [0.05, 0.1) is 6.42 Å². The highest BCUT2D eigenvalue weighted by Gasteiger charge is 2.28. The Labute approximate surface area is 150 Å². The van der Waals surface area contributed by atoms with Crippen LogP contribution in [0.25, 0.3) is 0 Å². The molecule has 2 atom stereocenters. The number of rotatable bonds is 5. The lowest BCUT2D eigenvalue weighted by molar-refractivity contribution is -0.142. The van der Waals surface area contributed by atoms with Crippen molar-refractivity contribution in [1.29, 1.82) is 0 Å². The Bertz CT molecular complexity index is 476. The molecule has 1 aliphatic heterocycles. The van der Waals surface area contributed by atoms with Crippen LogP contribution in [-0.4, -0.2) is 47.4 Å². The van der Waals surface area contributed by atoms with Crippen LogP contribution in [0.1, 0.15) is 64.7 Å². The molecule has 2 unspecified atom stereocenters. The molecule has 6 heteroatoms. The predicted octanol–water partition coefficient (Wildman–Crippen LogP) is 2.73. The first-order valence-corrected chi connectivity index (χ1v) is 9.37. The highest BCUT2D eigenvalue weighted by Crippen LogP contribution is 2.16. The zero-order valence-corrected chi connectivity index (χ0v) is 15.5. The van der Waals surface area contributed by atoms with E-state index in [-0.39, 0.29) is 18.2 Å². The van der Waals surface area contributed by atoms with Crippen LogP contribution in [-0.2, 0) is 14.4 Å². The lowest BCUT2D eigenvalue weighted by atomic mass is 9.96. The fourth-order valence-electron chi connectivity index (χ4n) is 3.03. The highest BCUT2D eigenvalue weighted by atomic mass is 16.4. The third-order valence-corrected chi connectivity index (χ3v) is 4.58. The smallest absolute Gasteiger partial charge is 0.304 e. The molecule has 0 aromatic rings. The van der Waals surface area contributed by atoms with Crippen LogP contribution in [0.15, 0.2) is 12.2 Å². The van der Waals surface area contributed by atoms with Crippen molar-refractivity contribution in [2.45, 2.75) is 70.8 Å². The monoisotopic (exact) mass is 352 g/mol. The molecule has 6 nitrogen and oxygen atoms in total. The minimum Gasteiger partial charge on any atom is -0.481 e. The maximum Gasteiger partial charge on any atom is 0.304 e. The van der Waals surface area contributed by atoms with Gasteiger partial charge in [0.15, 0.2) is 0 Å². The molecule has 1 aliphatic rings. The van der Waals surface area contributed by atoms with Crippen LogP contribution in [0.5, 0.6) is 0 Å². The minimum atomic E-state index is -0.981. The van der Waals surface area contributed by atoms with Crippen molar-refractivity contribution < 1.29 is 19.5 Å². The second-order valence-corrected chi connectivity index (χ2v) is 6.80. The van der Waals surface area contributed by atoms with Crippen LogP contribution in [0.4, 0.5) is 0 Å². The molecule has 0 aromatic heterocycles. The van der Waals surface area contributed by atoms with Gasteiger partial charge in [-0.1, -0.05) is 31.9 Å². The molecule has 0 fully saturated rings. The Balaban J connectivity index is 2.91. The van der Waals surface area contributed by atoms with E-state index in [9.17, 15) is 14.4 Å². The second-order valence-electron chi connectivity index (χ2n) is 6.80. The van der Waals surface area contributed by atoms with Crippen LogP contribution in [0.2, 0.25) is 0 Å². The lowest BCUT2D eigenvalue weighted by Crippen LogP contribution is -2.49. The van der Waals surface area contributed by atoms with E-state index >= 15 is 0 Å². The summed E-state index contributed by atoms with van der Waals surface area (Å²) in [4.78, 5) is 38.0. The quantitative estimate of drug-likeness (QED) is 0.745. The van der Waals surface area contributed by atoms with E-state index < -0.39 is 17.9 Å². The van der Waals surface area contributed by atoms with E-state index in [1.54, 1.807) is 11.9 Å². The highest BCUT2D eigenvalue weighted by molar-refractivity contribution is 5.89. The van der Waals surface area contributed by atoms with Gasteiger partial charge in [0.25, 0.3) is 0 Å². The van der Waals surface area contributed by atoms with Gasteiger partial charge in [0.1, 0.15) is 6.04 Å². The Morgan fingerprint density at radius 2 is 1.96 bits per heavy atom. The lowest BCUT2D eigenvalue weighted by Gasteiger charge is -2.26. The number of carbonyl (C=O) groups is 3. The van der Waals surface area contributed by atoms with Crippen molar-refractivity contribution in [3.63, 3.8) is 0 Å². The van der Waals surface area contributed by atoms with Gasteiger partial charge in [-0.15, -0.1) is 0 Å². The van der Waals surface area contributed by atoms with E-state index in [0.717, 1.165) is 38.5 Å². The number of carbonyl (C=O) groups excluding carboxylic acids is 2. The molecule has 142 valence electrons. The zero-order chi connectivity index (χ0) is 18.7. The summed E-state index contributed by atoms with van der Waals surface area (Å²) < 4.78 is 0. The Morgan fingerprint density at radius 1 is 1.28 bits per heavy atom. The summed E-state index contributed by atoms with van der Waals surface area (Å²) in [5.74, 6) is -1.97. The van der Waals surface area contributed by atoms with Crippen LogP contribution in [0.3, 0.4) is 0 Å². The summed E-state index contributed by atoms with van der Waals surface area (Å²) >= 11 is 0. The number of allylic oxidation sites excluding steroid dienone is 2. The summed E-state index contributed by atoms with van der Waals surface area (Å²) in [6.07, 6.45) is 10.3. The molecule has 0 radical (unpaired) electrons. The summed E-state index contributed by atoms with van der Waals surface area (Å²) in [5, 5.41) is 11.9. The summed E-state index contributed by atoms with van der Waals surface area (Å²) in [5.41, 5.74) is 0. The number of unbranched alkanes of at least 4 members (excludes halogenated alkanes) is 1. The molecule has 0 saturated carbocycles. The van der Waals surface area contributed by atoms with E-state index in [1.807, 2.05) is 6.92 Å². The number of nitrogens with one attached hydrogen (secondary N) is 1. The molecule has 0 bridgehead atoms. The van der Waals surface area contributed by atoms with Crippen molar-refractivity contribution >= 4 is 17.8 Å². The fraction of sp³-hybridized carbons (Fsp3) is 0.737. The van der Waals surface area contributed by atoms with Crippen molar-refractivity contribution in [3.05, 3.63) is 12.2 Å². The maximum atomic E-state index is 12.7. The first kappa shape index (κ1) is 21.2. The average Bonchev–Trinajstić information content (AvgIpc) is 2.57. The standard InChI is InChI=1S/C19H32N2O4/c1-3-4-12-16-19(25)21(2)13-10-8-6-5-7-9-11-15(14-17(22)23)18(24)20-16/h5-6,15-16H,3-4,7-14H2,1-2H3,(H,20,24)(H,22,23). The molecule has 2 amide bonds. The molecule has 25 heavy (non-hydrogen) atoms. The van der Waals surface area contributed by atoms with E-state index in [2.05, 4.69) is 17.5 Å². The van der Waals surface area contributed by atoms with Crippen molar-refractivity contribution in [2.75, 3.05) is 13.6 Å². The van der Waals surface area contributed by atoms with Crippen LogP contribution in [0, 0.1) is 5.92 Å². The van der Waals surface area contributed by atoms with Crippen molar-refractivity contribution in [2.24, 2.45) is 5.92 Å². The molecule has 0 spiro atoms. The van der Waals surface area contributed by atoms with E-state index in [0.29, 0.717) is 19.4 Å². The number of amides is 2. The number of likely N-dealkylation sites (N-methyl/N-ethyl adjacent to an activating group) is 1. The number of nitrogens with zero attached hydrogens (tertiary/aromatic N) is 1. The van der Waals surface area contributed by atoms with Gasteiger partial charge in [-0.05, 0) is 38.5 Å². The van der Waals surface area contributed by atoms with E-state index in [4.69, 9.17) is 5.11 Å². The number of carboxylic acids is 1. The molecular formula is C19H32N2O4. The topological polar surface area (TPSA) is 86.7 Å². The van der Waals surface area contributed by atoms with Gasteiger partial charge in [-0.25, -0.2) is 0 Å². The zero-order valence-electron chi connectivity index (χ0n) is 15.5. The molecule has 0 saturated heterocycles. The summed E-state index contributed by atoms with van der Waals surface area (Å²) in [6, 6.07) is -0.563. The second kappa shape index (κ2) is 11.7. The fourth-order valence-corrected chi connectivity index (χ4v) is 3.03. The van der Waals surface area contributed by atoms with Crippen LogP contribution >= 0.6 is 0 Å². The molecule has 1 heterocycles. The average molecular weight is 352 g/mol. The van der Waals surface area contributed by atoms with Gasteiger partial charge in [-0.3, -0.25) is 14.4 Å². The largest absolute Gasteiger partial charge is 0.481 e. The molecule has 0 aliphatic carbocycles. The summed E-state index contributed by atoms with van der Waals surface area (Å²) in [6.45, 7) is 2.69. The Kier molecular flexibility index (Phi) is 9.88. The number of aliphatic carboxylic acids is 1. The van der Waals surface area contributed by atoms with Crippen LogP contribution < -0.4 is 5.32 Å². The Hall–Kier alpha value is -1.85.